The number of para-hydroxylation sites is 1. The lowest BCUT2D eigenvalue weighted by Crippen LogP contribution is -2.12. The maximum atomic E-state index is 12.8. The molecule has 0 atom stereocenters. The van der Waals surface area contributed by atoms with Crippen LogP contribution in [0.15, 0.2) is 41.3 Å². The number of carbonyl (C=O) groups is 2. The summed E-state index contributed by atoms with van der Waals surface area (Å²) in [6.07, 6.45) is 3.05. The van der Waals surface area contributed by atoms with Crippen LogP contribution in [0.25, 0.3) is 17.3 Å². The van der Waals surface area contributed by atoms with Crippen LogP contribution in [0.3, 0.4) is 0 Å². The molecule has 10 heteroatoms. The first kappa shape index (κ1) is 27.7. The van der Waals surface area contributed by atoms with Gasteiger partial charge in [-0.3, -0.25) is 10.1 Å². The average molecular weight is 549 g/mol. The number of methoxy groups -OCH3 is 1. The van der Waals surface area contributed by atoms with Crippen LogP contribution in [-0.2, 0) is 16.0 Å². The molecular weight excluding hydrogens is 523 g/mol. The van der Waals surface area contributed by atoms with E-state index in [1.807, 2.05) is 30.5 Å². The van der Waals surface area contributed by atoms with E-state index in [4.69, 9.17) is 37.8 Å². The van der Waals surface area contributed by atoms with Gasteiger partial charge in [0.05, 0.1) is 22.8 Å². The molecule has 0 aliphatic carbocycles. The third-order valence-electron chi connectivity index (χ3n) is 5.28. The molecule has 0 unspecified atom stereocenters. The molecule has 0 saturated heterocycles. The monoisotopic (exact) mass is 548 g/mol. The molecule has 3 aromatic rings. The zero-order valence-electron chi connectivity index (χ0n) is 20.1. The van der Waals surface area contributed by atoms with Crippen LogP contribution >= 0.6 is 34.5 Å². The zero-order chi connectivity index (χ0) is 26.2. The van der Waals surface area contributed by atoms with Crippen molar-refractivity contribution in [3.8, 4) is 17.0 Å². The number of halogens is 2. The number of aliphatic carboxylic acids is 1. The van der Waals surface area contributed by atoms with E-state index < -0.39 is 11.9 Å². The Morgan fingerprint density at radius 2 is 1.94 bits per heavy atom. The molecule has 2 aromatic carbocycles. The van der Waals surface area contributed by atoms with Gasteiger partial charge in [-0.25, -0.2) is 9.78 Å². The lowest BCUT2D eigenvalue weighted by molar-refractivity contribution is -0.132. The maximum Gasteiger partial charge on any atom is 0.331 e. The maximum absolute atomic E-state index is 12.8. The Morgan fingerprint density at radius 3 is 2.58 bits per heavy atom. The number of thiazole rings is 1. The Bertz CT molecular complexity index is 1270. The fourth-order valence-corrected chi connectivity index (χ4v) is 4.79. The van der Waals surface area contributed by atoms with Crippen LogP contribution in [-0.4, -0.2) is 42.3 Å². The van der Waals surface area contributed by atoms with Gasteiger partial charge in [0.2, 0.25) is 0 Å². The number of nitrogens with one attached hydrogen (secondary N) is 1. The lowest BCUT2D eigenvalue weighted by atomic mass is 10.0. The number of carboxylic acids is 1. The minimum atomic E-state index is -1.09. The normalized spacial score (nSPS) is 11.4. The van der Waals surface area contributed by atoms with E-state index in [2.05, 4.69) is 10.3 Å². The molecule has 3 rings (SSSR count). The van der Waals surface area contributed by atoms with Crippen LogP contribution in [0.5, 0.6) is 5.75 Å². The summed E-state index contributed by atoms with van der Waals surface area (Å²) in [5.74, 6) is -0.783. The summed E-state index contributed by atoms with van der Waals surface area (Å²) in [6, 6.07) is 8.78. The molecule has 1 heterocycles. The van der Waals surface area contributed by atoms with Crippen molar-refractivity contribution in [3.63, 3.8) is 0 Å². The van der Waals surface area contributed by atoms with Crippen molar-refractivity contribution in [1.82, 2.24) is 4.98 Å². The number of carbonyl (C=O) groups excluding carboxylic acids is 1. The molecule has 2 N–H and O–H groups in total. The molecule has 0 aliphatic rings. The molecule has 36 heavy (non-hydrogen) atoms. The van der Waals surface area contributed by atoms with Crippen LogP contribution in [0.1, 0.15) is 41.8 Å². The first-order valence-electron chi connectivity index (χ1n) is 11.2. The standard InChI is InChI=1S/C26H26Cl2N2O5S/c1-4-35-10-6-8-16-7-5-9-18(23(16)34-3)22-14-36-26(29-22)30-24(31)17-12-20(27)19(21(28)13-17)11-15(2)25(32)33/h5,7,9,11-14H,4,6,8,10H2,1-3H3,(H,32,33)(H,29,30,31)/b15-11+. The highest BCUT2D eigenvalue weighted by molar-refractivity contribution is 7.14. The minimum Gasteiger partial charge on any atom is -0.496 e. The van der Waals surface area contributed by atoms with Crippen molar-refractivity contribution in [2.24, 2.45) is 0 Å². The van der Waals surface area contributed by atoms with Gasteiger partial charge in [-0.1, -0.05) is 35.3 Å². The summed E-state index contributed by atoms with van der Waals surface area (Å²) in [6.45, 7) is 4.77. The van der Waals surface area contributed by atoms with Crippen LogP contribution < -0.4 is 10.1 Å². The summed E-state index contributed by atoms with van der Waals surface area (Å²) in [5.41, 5.74) is 3.20. The van der Waals surface area contributed by atoms with E-state index in [1.165, 1.54) is 36.5 Å². The molecule has 7 nitrogen and oxygen atoms in total. The number of hydrogen-bond acceptors (Lipinski definition) is 6. The van der Waals surface area contributed by atoms with Crippen LogP contribution in [0, 0.1) is 0 Å². The summed E-state index contributed by atoms with van der Waals surface area (Å²) in [4.78, 5) is 28.5. The van der Waals surface area contributed by atoms with Crippen molar-refractivity contribution in [2.45, 2.75) is 26.7 Å². The predicted octanol–water partition coefficient (Wildman–Crippen LogP) is 6.83. The number of hydrogen-bond donors (Lipinski definition) is 2. The van der Waals surface area contributed by atoms with Crippen molar-refractivity contribution >= 4 is 57.6 Å². The number of aromatic nitrogens is 1. The second-order valence-electron chi connectivity index (χ2n) is 7.78. The Balaban J connectivity index is 1.79. The third-order valence-corrected chi connectivity index (χ3v) is 6.66. The molecule has 190 valence electrons. The largest absolute Gasteiger partial charge is 0.496 e. The third kappa shape index (κ3) is 6.85. The number of anilines is 1. The van der Waals surface area contributed by atoms with Gasteiger partial charge in [0.1, 0.15) is 5.75 Å². The molecule has 0 radical (unpaired) electrons. The van der Waals surface area contributed by atoms with Gasteiger partial charge in [0, 0.05) is 40.9 Å². The van der Waals surface area contributed by atoms with E-state index in [-0.39, 0.29) is 21.2 Å². The van der Waals surface area contributed by atoms with E-state index in [0.29, 0.717) is 29.6 Å². The summed E-state index contributed by atoms with van der Waals surface area (Å²) in [5, 5.41) is 14.4. The number of aryl methyl sites for hydroxylation is 1. The van der Waals surface area contributed by atoms with Gasteiger partial charge in [-0.05, 0) is 56.5 Å². The van der Waals surface area contributed by atoms with E-state index in [0.717, 1.165) is 29.7 Å². The van der Waals surface area contributed by atoms with Crippen molar-refractivity contribution < 1.29 is 24.2 Å². The number of nitrogens with zero attached hydrogens (tertiary/aromatic N) is 1. The summed E-state index contributed by atoms with van der Waals surface area (Å²) < 4.78 is 11.1. The highest BCUT2D eigenvalue weighted by Crippen LogP contribution is 2.36. The Hall–Kier alpha value is -2.91. The number of amides is 1. The first-order valence-corrected chi connectivity index (χ1v) is 12.8. The minimum absolute atomic E-state index is 0.0695. The molecule has 1 amide bonds. The van der Waals surface area contributed by atoms with Gasteiger partial charge in [-0.2, -0.15) is 0 Å². The van der Waals surface area contributed by atoms with Crippen molar-refractivity contribution in [1.29, 1.82) is 0 Å². The van der Waals surface area contributed by atoms with Gasteiger partial charge >= 0.3 is 5.97 Å². The molecule has 0 fully saturated rings. The number of rotatable bonds is 11. The van der Waals surface area contributed by atoms with E-state index >= 15 is 0 Å². The van der Waals surface area contributed by atoms with Crippen LogP contribution in [0.2, 0.25) is 10.0 Å². The molecule has 0 saturated carbocycles. The Kier molecular flexibility index (Phi) is 9.89. The molecule has 0 bridgehead atoms. The quantitative estimate of drug-likeness (QED) is 0.201. The zero-order valence-corrected chi connectivity index (χ0v) is 22.4. The SMILES string of the molecule is CCOCCCc1cccc(-c2csc(NC(=O)c3cc(Cl)c(/C=C(\C)C(=O)O)c(Cl)c3)n2)c1OC. The van der Waals surface area contributed by atoms with E-state index in [9.17, 15) is 9.59 Å². The van der Waals surface area contributed by atoms with Gasteiger partial charge in [0.15, 0.2) is 5.13 Å². The smallest absolute Gasteiger partial charge is 0.331 e. The van der Waals surface area contributed by atoms with Crippen LogP contribution in [0.4, 0.5) is 5.13 Å². The van der Waals surface area contributed by atoms with Crippen molar-refractivity contribution in [3.05, 3.63) is 68.0 Å². The highest BCUT2D eigenvalue weighted by Gasteiger charge is 2.17. The second kappa shape index (κ2) is 12.9. The number of benzene rings is 2. The highest BCUT2D eigenvalue weighted by atomic mass is 35.5. The van der Waals surface area contributed by atoms with Gasteiger partial charge < -0.3 is 14.6 Å². The fourth-order valence-electron chi connectivity index (χ4n) is 3.49. The fraction of sp³-hybridized carbons (Fsp3) is 0.269. The first-order chi connectivity index (χ1) is 17.2. The summed E-state index contributed by atoms with van der Waals surface area (Å²) >= 11 is 13.8. The Labute approximate surface area is 223 Å². The summed E-state index contributed by atoms with van der Waals surface area (Å²) in [7, 11) is 1.63. The Morgan fingerprint density at radius 1 is 1.22 bits per heavy atom. The molecule has 1 aromatic heterocycles. The van der Waals surface area contributed by atoms with Gasteiger partial charge in [-0.15, -0.1) is 11.3 Å². The molecular formula is C26H26Cl2N2O5S. The molecule has 0 spiro atoms. The lowest BCUT2D eigenvalue weighted by Gasteiger charge is -2.12. The number of carboxylic acid groups (broad SMARTS) is 1. The second-order valence-corrected chi connectivity index (χ2v) is 9.45. The predicted molar refractivity (Wildman–Crippen MR) is 145 cm³/mol. The van der Waals surface area contributed by atoms with Crippen molar-refractivity contribution in [2.75, 3.05) is 25.6 Å². The topological polar surface area (TPSA) is 97.8 Å². The molecule has 0 aliphatic heterocycles. The van der Waals surface area contributed by atoms with Gasteiger partial charge in [0.25, 0.3) is 5.91 Å². The van der Waals surface area contributed by atoms with E-state index in [1.54, 1.807) is 7.11 Å². The average Bonchev–Trinajstić information content (AvgIpc) is 3.31. The number of ether oxygens (including phenoxy) is 2.